The first-order chi connectivity index (χ1) is 12.5. The van der Waals surface area contributed by atoms with E-state index < -0.39 is 0 Å². The molecule has 1 N–H and O–H groups in total. The number of hydrogen-bond donors (Lipinski definition) is 1. The van der Waals surface area contributed by atoms with Crippen molar-refractivity contribution in [3.05, 3.63) is 75.3 Å². The van der Waals surface area contributed by atoms with Gasteiger partial charge in [0.25, 0.3) is 0 Å². The molecule has 26 heavy (non-hydrogen) atoms. The molecular weight excluding hydrogens is 371 g/mol. The van der Waals surface area contributed by atoms with Gasteiger partial charge in [-0.1, -0.05) is 23.2 Å². The van der Waals surface area contributed by atoms with Crippen LogP contribution in [0.15, 0.2) is 42.7 Å². The molecule has 0 aliphatic rings. The van der Waals surface area contributed by atoms with Crippen molar-refractivity contribution in [2.24, 2.45) is 0 Å². The van der Waals surface area contributed by atoms with E-state index in [-0.39, 0.29) is 12.3 Å². The second-order valence-electron chi connectivity index (χ2n) is 5.97. The Balaban J connectivity index is 1.76. The van der Waals surface area contributed by atoms with E-state index in [9.17, 15) is 4.79 Å². The number of pyridine rings is 1. The van der Waals surface area contributed by atoms with E-state index in [1.54, 1.807) is 29.2 Å². The van der Waals surface area contributed by atoms with E-state index in [1.807, 2.05) is 32.0 Å². The SMILES string of the molecule is Cc1nn(-c2ccc(Cl)cc2Cl)c(C)c1CC(=O)NCc1ccncc1. The van der Waals surface area contributed by atoms with Crippen LogP contribution in [0.5, 0.6) is 0 Å². The van der Waals surface area contributed by atoms with Gasteiger partial charge in [0.15, 0.2) is 0 Å². The number of carbonyl (C=O) groups excluding carboxylic acids is 1. The molecule has 134 valence electrons. The summed E-state index contributed by atoms with van der Waals surface area (Å²) in [5, 5.41) is 8.54. The maximum absolute atomic E-state index is 12.3. The number of aryl methyl sites for hydroxylation is 1. The molecule has 7 heteroatoms. The number of aromatic nitrogens is 3. The minimum atomic E-state index is -0.0604. The summed E-state index contributed by atoms with van der Waals surface area (Å²) >= 11 is 12.3. The Bertz CT molecular complexity index is 938. The van der Waals surface area contributed by atoms with Crippen LogP contribution in [0.4, 0.5) is 0 Å². The second-order valence-corrected chi connectivity index (χ2v) is 6.81. The molecule has 0 atom stereocenters. The van der Waals surface area contributed by atoms with Crippen molar-refractivity contribution < 1.29 is 4.79 Å². The van der Waals surface area contributed by atoms with Gasteiger partial charge < -0.3 is 5.32 Å². The lowest BCUT2D eigenvalue weighted by Crippen LogP contribution is -2.25. The van der Waals surface area contributed by atoms with Gasteiger partial charge >= 0.3 is 0 Å². The van der Waals surface area contributed by atoms with Crippen LogP contribution in [0.3, 0.4) is 0 Å². The van der Waals surface area contributed by atoms with Crippen LogP contribution in [-0.4, -0.2) is 20.7 Å². The largest absolute Gasteiger partial charge is 0.352 e. The average molecular weight is 389 g/mol. The Morgan fingerprint density at radius 1 is 1.15 bits per heavy atom. The molecule has 0 aliphatic carbocycles. The number of benzene rings is 1. The number of hydrogen-bond acceptors (Lipinski definition) is 3. The third-order valence-electron chi connectivity index (χ3n) is 4.16. The van der Waals surface area contributed by atoms with Gasteiger partial charge in [-0.3, -0.25) is 9.78 Å². The Morgan fingerprint density at radius 2 is 1.88 bits per heavy atom. The van der Waals surface area contributed by atoms with Crippen LogP contribution < -0.4 is 5.32 Å². The fourth-order valence-corrected chi connectivity index (χ4v) is 3.23. The van der Waals surface area contributed by atoms with Gasteiger partial charge in [0.2, 0.25) is 5.91 Å². The fraction of sp³-hybridized carbons (Fsp3) is 0.211. The highest BCUT2D eigenvalue weighted by molar-refractivity contribution is 6.35. The van der Waals surface area contributed by atoms with Gasteiger partial charge in [-0.2, -0.15) is 5.10 Å². The van der Waals surface area contributed by atoms with Crippen LogP contribution in [0.2, 0.25) is 10.0 Å². The molecule has 0 radical (unpaired) electrons. The highest BCUT2D eigenvalue weighted by Crippen LogP contribution is 2.27. The standard InChI is InChI=1S/C19H18Cl2N4O/c1-12-16(10-19(26)23-11-14-5-7-22-8-6-14)13(2)25(24-12)18-4-3-15(20)9-17(18)21/h3-9H,10-11H2,1-2H3,(H,23,26). The lowest BCUT2D eigenvalue weighted by atomic mass is 10.1. The van der Waals surface area contributed by atoms with Gasteiger partial charge in [0.1, 0.15) is 0 Å². The molecule has 0 fully saturated rings. The third kappa shape index (κ3) is 4.06. The van der Waals surface area contributed by atoms with Gasteiger partial charge in [-0.15, -0.1) is 0 Å². The molecule has 0 bridgehead atoms. The molecule has 0 unspecified atom stereocenters. The summed E-state index contributed by atoms with van der Waals surface area (Å²) in [5.74, 6) is -0.0604. The normalized spacial score (nSPS) is 10.8. The van der Waals surface area contributed by atoms with Gasteiger partial charge in [0.05, 0.1) is 22.8 Å². The van der Waals surface area contributed by atoms with E-state index in [4.69, 9.17) is 23.2 Å². The average Bonchev–Trinajstić information content (AvgIpc) is 2.89. The van der Waals surface area contributed by atoms with Crippen LogP contribution in [0.25, 0.3) is 5.69 Å². The van der Waals surface area contributed by atoms with Crippen molar-refractivity contribution in [2.45, 2.75) is 26.8 Å². The van der Waals surface area contributed by atoms with Crippen molar-refractivity contribution in [1.29, 1.82) is 0 Å². The number of halogens is 2. The first-order valence-electron chi connectivity index (χ1n) is 8.12. The summed E-state index contributed by atoms with van der Waals surface area (Å²) in [6, 6.07) is 9.00. The minimum Gasteiger partial charge on any atom is -0.352 e. The topological polar surface area (TPSA) is 59.8 Å². The number of nitrogens with one attached hydrogen (secondary N) is 1. The lowest BCUT2D eigenvalue weighted by Gasteiger charge is -2.08. The number of rotatable bonds is 5. The minimum absolute atomic E-state index is 0.0604. The number of nitrogens with zero attached hydrogens (tertiary/aromatic N) is 3. The molecule has 0 spiro atoms. The molecule has 3 aromatic rings. The monoisotopic (exact) mass is 388 g/mol. The van der Waals surface area contributed by atoms with Gasteiger partial charge in [0, 0.05) is 35.2 Å². The van der Waals surface area contributed by atoms with E-state index >= 15 is 0 Å². The maximum atomic E-state index is 12.3. The predicted octanol–water partition coefficient (Wildman–Crippen LogP) is 4.05. The smallest absolute Gasteiger partial charge is 0.224 e. The van der Waals surface area contributed by atoms with Crippen LogP contribution >= 0.6 is 23.2 Å². The van der Waals surface area contributed by atoms with E-state index in [1.165, 1.54) is 0 Å². The molecule has 0 saturated heterocycles. The lowest BCUT2D eigenvalue weighted by molar-refractivity contribution is -0.120. The molecule has 1 amide bonds. The second kappa shape index (κ2) is 7.89. The highest BCUT2D eigenvalue weighted by Gasteiger charge is 2.17. The van der Waals surface area contributed by atoms with E-state index in [0.29, 0.717) is 16.6 Å². The molecule has 0 aliphatic heterocycles. The predicted molar refractivity (Wildman–Crippen MR) is 103 cm³/mol. The number of carbonyl (C=O) groups is 1. The quantitative estimate of drug-likeness (QED) is 0.716. The van der Waals surface area contributed by atoms with Crippen LogP contribution in [0, 0.1) is 13.8 Å². The summed E-state index contributed by atoms with van der Waals surface area (Å²) in [7, 11) is 0. The zero-order valence-electron chi connectivity index (χ0n) is 14.5. The molecule has 5 nitrogen and oxygen atoms in total. The number of amides is 1. The molecule has 1 aromatic carbocycles. The Labute approximate surface area is 162 Å². The Kier molecular flexibility index (Phi) is 5.59. The van der Waals surface area contributed by atoms with Crippen molar-refractivity contribution in [3.63, 3.8) is 0 Å². The van der Waals surface area contributed by atoms with Crippen molar-refractivity contribution in [2.75, 3.05) is 0 Å². The van der Waals surface area contributed by atoms with Crippen molar-refractivity contribution in [1.82, 2.24) is 20.1 Å². The summed E-state index contributed by atoms with van der Waals surface area (Å²) in [5.41, 5.74) is 4.31. The molecule has 2 heterocycles. The van der Waals surface area contributed by atoms with E-state index in [0.717, 1.165) is 28.2 Å². The first kappa shape index (κ1) is 18.4. The third-order valence-corrected chi connectivity index (χ3v) is 4.69. The summed E-state index contributed by atoms with van der Waals surface area (Å²) < 4.78 is 1.75. The molecule has 2 aromatic heterocycles. The van der Waals surface area contributed by atoms with Crippen molar-refractivity contribution >= 4 is 29.1 Å². The highest BCUT2D eigenvalue weighted by atomic mass is 35.5. The van der Waals surface area contributed by atoms with Gasteiger partial charge in [-0.05, 0) is 49.7 Å². The molecule has 3 rings (SSSR count). The zero-order chi connectivity index (χ0) is 18.7. The molecule has 0 saturated carbocycles. The first-order valence-corrected chi connectivity index (χ1v) is 8.87. The van der Waals surface area contributed by atoms with Crippen molar-refractivity contribution in [3.8, 4) is 5.69 Å². The van der Waals surface area contributed by atoms with Gasteiger partial charge in [-0.25, -0.2) is 4.68 Å². The van der Waals surface area contributed by atoms with E-state index in [2.05, 4.69) is 15.4 Å². The summed E-state index contributed by atoms with van der Waals surface area (Å²) in [4.78, 5) is 16.3. The Hall–Kier alpha value is -2.37. The zero-order valence-corrected chi connectivity index (χ0v) is 16.0. The Morgan fingerprint density at radius 3 is 2.58 bits per heavy atom. The summed E-state index contributed by atoms with van der Waals surface area (Å²) in [6.45, 7) is 4.28. The molecular formula is C19H18Cl2N4O. The van der Waals surface area contributed by atoms with Crippen LogP contribution in [0.1, 0.15) is 22.5 Å². The fourth-order valence-electron chi connectivity index (χ4n) is 2.74. The maximum Gasteiger partial charge on any atom is 0.224 e. The van der Waals surface area contributed by atoms with Crippen LogP contribution in [-0.2, 0) is 17.8 Å². The summed E-state index contributed by atoms with van der Waals surface area (Å²) in [6.07, 6.45) is 3.67.